The third-order valence-corrected chi connectivity index (χ3v) is 4.00. The van der Waals surface area contributed by atoms with E-state index in [2.05, 4.69) is 5.10 Å². The molecule has 0 aromatic carbocycles. The molecule has 0 radical (unpaired) electrons. The van der Waals surface area contributed by atoms with Gasteiger partial charge in [-0.15, -0.1) is 0 Å². The van der Waals surface area contributed by atoms with E-state index in [4.69, 9.17) is 0 Å². The standard InChI is InChI=1S/C13H13FN2/c14-12-4-6-16-13(12)9(3-5-15-16)11-7-10(11)8-1-2-8/h3-6,8,10-11H,1-2,7H2. The van der Waals surface area contributed by atoms with Gasteiger partial charge >= 0.3 is 0 Å². The van der Waals surface area contributed by atoms with Gasteiger partial charge in [0.2, 0.25) is 0 Å². The molecule has 2 unspecified atom stereocenters. The molecule has 2 saturated carbocycles. The van der Waals surface area contributed by atoms with Gasteiger partial charge in [0.1, 0.15) is 5.52 Å². The SMILES string of the molecule is Fc1ccn2nccc(C3CC3C3CC3)c12. The fourth-order valence-electron chi connectivity index (χ4n) is 2.95. The van der Waals surface area contributed by atoms with Crippen LogP contribution in [0.25, 0.3) is 5.52 Å². The van der Waals surface area contributed by atoms with Gasteiger partial charge in [0, 0.05) is 12.4 Å². The summed E-state index contributed by atoms with van der Waals surface area (Å²) < 4.78 is 15.3. The van der Waals surface area contributed by atoms with Crippen molar-refractivity contribution in [2.24, 2.45) is 11.8 Å². The Hall–Kier alpha value is -1.38. The van der Waals surface area contributed by atoms with Crippen molar-refractivity contribution in [3.8, 4) is 0 Å². The van der Waals surface area contributed by atoms with Crippen LogP contribution in [-0.4, -0.2) is 9.61 Å². The molecule has 4 rings (SSSR count). The van der Waals surface area contributed by atoms with Crippen LogP contribution in [0.1, 0.15) is 30.7 Å². The molecule has 0 N–H and O–H groups in total. The molecule has 0 amide bonds. The summed E-state index contributed by atoms with van der Waals surface area (Å²) in [7, 11) is 0. The van der Waals surface area contributed by atoms with E-state index in [1.165, 1.54) is 25.3 Å². The maximum Gasteiger partial charge on any atom is 0.150 e. The zero-order valence-electron chi connectivity index (χ0n) is 8.94. The molecule has 0 bridgehead atoms. The molecule has 2 nitrogen and oxygen atoms in total. The van der Waals surface area contributed by atoms with Crippen molar-refractivity contribution in [3.05, 3.63) is 35.9 Å². The Morgan fingerprint density at radius 3 is 3.00 bits per heavy atom. The van der Waals surface area contributed by atoms with Crippen LogP contribution in [0.3, 0.4) is 0 Å². The summed E-state index contributed by atoms with van der Waals surface area (Å²) in [6.45, 7) is 0. The van der Waals surface area contributed by atoms with E-state index in [-0.39, 0.29) is 5.82 Å². The van der Waals surface area contributed by atoms with Crippen LogP contribution in [0.2, 0.25) is 0 Å². The van der Waals surface area contributed by atoms with Crippen molar-refractivity contribution >= 4 is 5.52 Å². The van der Waals surface area contributed by atoms with E-state index in [1.807, 2.05) is 6.07 Å². The van der Waals surface area contributed by atoms with Crippen LogP contribution >= 0.6 is 0 Å². The molecule has 0 aliphatic heterocycles. The maximum atomic E-state index is 13.7. The van der Waals surface area contributed by atoms with E-state index in [0.29, 0.717) is 11.4 Å². The van der Waals surface area contributed by atoms with Gasteiger partial charge < -0.3 is 0 Å². The van der Waals surface area contributed by atoms with Gasteiger partial charge in [0.25, 0.3) is 0 Å². The zero-order valence-corrected chi connectivity index (χ0v) is 8.94. The minimum absolute atomic E-state index is 0.135. The molecule has 2 aromatic rings. The number of fused-ring (bicyclic) bond motifs is 1. The van der Waals surface area contributed by atoms with Crippen molar-refractivity contribution in [3.63, 3.8) is 0 Å². The summed E-state index contributed by atoms with van der Waals surface area (Å²) in [5.41, 5.74) is 1.85. The van der Waals surface area contributed by atoms with Crippen molar-refractivity contribution in [1.82, 2.24) is 9.61 Å². The molecule has 2 aromatic heterocycles. The largest absolute Gasteiger partial charge is 0.238 e. The fraction of sp³-hybridized carbons (Fsp3) is 0.462. The van der Waals surface area contributed by atoms with Crippen LogP contribution in [0, 0.1) is 17.7 Å². The molecule has 2 heterocycles. The van der Waals surface area contributed by atoms with Gasteiger partial charge in [-0.2, -0.15) is 5.10 Å². The van der Waals surface area contributed by atoms with E-state index in [0.717, 1.165) is 17.4 Å². The summed E-state index contributed by atoms with van der Waals surface area (Å²) in [6.07, 6.45) is 7.49. The summed E-state index contributed by atoms with van der Waals surface area (Å²) in [6, 6.07) is 3.49. The lowest BCUT2D eigenvalue weighted by Crippen LogP contribution is -1.95. The number of hydrogen-bond acceptors (Lipinski definition) is 1. The van der Waals surface area contributed by atoms with Gasteiger partial charge in [-0.3, -0.25) is 0 Å². The molecular formula is C13H13FN2. The lowest BCUT2D eigenvalue weighted by Gasteiger charge is -2.03. The molecule has 2 aliphatic carbocycles. The van der Waals surface area contributed by atoms with Crippen molar-refractivity contribution in [2.75, 3.05) is 0 Å². The second-order valence-corrected chi connectivity index (χ2v) is 5.09. The molecule has 2 fully saturated rings. The van der Waals surface area contributed by atoms with Crippen LogP contribution in [-0.2, 0) is 0 Å². The second kappa shape index (κ2) is 2.84. The average molecular weight is 216 g/mol. The molecule has 3 heteroatoms. The molecule has 2 atom stereocenters. The quantitative estimate of drug-likeness (QED) is 0.754. The normalized spacial score (nSPS) is 28.6. The second-order valence-electron chi connectivity index (χ2n) is 5.09. The highest BCUT2D eigenvalue weighted by Crippen LogP contribution is 2.59. The Balaban J connectivity index is 1.81. The third kappa shape index (κ3) is 1.14. The van der Waals surface area contributed by atoms with Gasteiger partial charge in [0.15, 0.2) is 5.82 Å². The van der Waals surface area contributed by atoms with Crippen LogP contribution < -0.4 is 0 Å². The highest BCUT2D eigenvalue weighted by atomic mass is 19.1. The minimum atomic E-state index is -0.135. The molecule has 16 heavy (non-hydrogen) atoms. The first kappa shape index (κ1) is 8.74. The lowest BCUT2D eigenvalue weighted by molar-refractivity contribution is 0.635. The van der Waals surface area contributed by atoms with Gasteiger partial charge in [-0.25, -0.2) is 8.91 Å². The van der Waals surface area contributed by atoms with Crippen LogP contribution in [0.5, 0.6) is 0 Å². The van der Waals surface area contributed by atoms with Crippen molar-refractivity contribution < 1.29 is 4.39 Å². The highest BCUT2D eigenvalue weighted by Gasteiger charge is 2.48. The number of hydrogen-bond donors (Lipinski definition) is 0. The smallest absolute Gasteiger partial charge is 0.150 e. The Morgan fingerprint density at radius 2 is 2.19 bits per heavy atom. The van der Waals surface area contributed by atoms with Gasteiger partial charge in [0.05, 0.1) is 0 Å². The minimum Gasteiger partial charge on any atom is -0.238 e. The molecular weight excluding hydrogens is 203 g/mol. The summed E-state index contributed by atoms with van der Waals surface area (Å²) >= 11 is 0. The van der Waals surface area contributed by atoms with Crippen molar-refractivity contribution in [1.29, 1.82) is 0 Å². The monoisotopic (exact) mass is 216 g/mol. The lowest BCUT2D eigenvalue weighted by atomic mass is 10.1. The van der Waals surface area contributed by atoms with Gasteiger partial charge in [-0.1, -0.05) is 0 Å². The zero-order chi connectivity index (χ0) is 10.7. The Bertz CT molecular complexity index is 556. The first-order valence-corrected chi connectivity index (χ1v) is 5.96. The van der Waals surface area contributed by atoms with Crippen LogP contribution in [0.15, 0.2) is 24.5 Å². The van der Waals surface area contributed by atoms with Crippen LogP contribution in [0.4, 0.5) is 4.39 Å². The maximum absolute atomic E-state index is 13.7. The van der Waals surface area contributed by atoms with E-state index in [9.17, 15) is 4.39 Å². The van der Waals surface area contributed by atoms with E-state index < -0.39 is 0 Å². The predicted molar refractivity (Wildman–Crippen MR) is 58.7 cm³/mol. The molecule has 0 saturated heterocycles. The number of halogens is 1. The summed E-state index contributed by atoms with van der Waals surface area (Å²) in [4.78, 5) is 0. The fourth-order valence-corrected chi connectivity index (χ4v) is 2.95. The number of rotatable bonds is 2. The highest BCUT2D eigenvalue weighted by molar-refractivity contribution is 5.58. The Kier molecular flexibility index (Phi) is 1.55. The molecule has 82 valence electrons. The summed E-state index contributed by atoms with van der Waals surface area (Å²) in [5, 5.41) is 4.14. The first-order chi connectivity index (χ1) is 7.84. The summed E-state index contributed by atoms with van der Waals surface area (Å²) in [5.74, 6) is 2.20. The topological polar surface area (TPSA) is 17.3 Å². The molecule has 2 aliphatic rings. The number of nitrogens with zero attached hydrogens (tertiary/aromatic N) is 2. The first-order valence-electron chi connectivity index (χ1n) is 5.96. The Morgan fingerprint density at radius 1 is 1.31 bits per heavy atom. The Labute approximate surface area is 93.1 Å². The van der Waals surface area contributed by atoms with Crippen molar-refractivity contribution in [2.45, 2.75) is 25.2 Å². The average Bonchev–Trinajstić information content (AvgIpc) is 3.16. The number of aromatic nitrogens is 2. The third-order valence-electron chi connectivity index (χ3n) is 4.00. The molecule has 0 spiro atoms. The van der Waals surface area contributed by atoms with E-state index in [1.54, 1.807) is 16.9 Å². The van der Waals surface area contributed by atoms with E-state index >= 15 is 0 Å². The van der Waals surface area contributed by atoms with Gasteiger partial charge in [-0.05, 0) is 54.7 Å². The predicted octanol–water partition coefficient (Wildman–Crippen LogP) is 2.99.